The molecule has 1 heterocycles. The number of likely N-dealkylation sites (tertiary alicyclic amines) is 1. The quantitative estimate of drug-likeness (QED) is 0.618. The number of hydrogen-bond donors (Lipinski definition) is 3. The minimum Gasteiger partial charge on any atom is -0.480 e. The van der Waals surface area contributed by atoms with Crippen molar-refractivity contribution in [3.05, 3.63) is 35.9 Å². The van der Waals surface area contributed by atoms with Crippen molar-refractivity contribution >= 4 is 17.9 Å². The molecule has 0 bridgehead atoms. The molecule has 1 aromatic rings. The predicted molar refractivity (Wildman–Crippen MR) is 88.5 cm³/mol. The number of amides is 3. The van der Waals surface area contributed by atoms with Crippen LogP contribution in [-0.2, 0) is 16.0 Å². The Hall–Kier alpha value is -2.57. The Kier molecular flexibility index (Phi) is 6.60. The first-order valence-corrected chi connectivity index (χ1v) is 8.15. The molecule has 0 radical (unpaired) electrons. The van der Waals surface area contributed by atoms with Crippen LogP contribution < -0.4 is 10.6 Å². The van der Waals surface area contributed by atoms with E-state index in [1.807, 2.05) is 30.3 Å². The third kappa shape index (κ3) is 5.57. The second-order valence-corrected chi connectivity index (χ2v) is 5.82. The summed E-state index contributed by atoms with van der Waals surface area (Å²) in [4.78, 5) is 36.4. The molecule has 130 valence electrons. The third-order valence-corrected chi connectivity index (χ3v) is 3.95. The number of carboxylic acids is 1. The molecule has 24 heavy (non-hydrogen) atoms. The van der Waals surface area contributed by atoms with Gasteiger partial charge < -0.3 is 20.6 Å². The maximum absolute atomic E-state index is 11.8. The molecule has 0 aliphatic carbocycles. The molecule has 0 spiro atoms. The highest BCUT2D eigenvalue weighted by molar-refractivity contribution is 5.82. The van der Waals surface area contributed by atoms with Crippen LogP contribution >= 0.6 is 0 Å². The molecule has 3 N–H and O–H groups in total. The highest BCUT2D eigenvalue weighted by Crippen LogP contribution is 2.09. The van der Waals surface area contributed by atoms with E-state index in [0.29, 0.717) is 25.9 Å². The van der Waals surface area contributed by atoms with Gasteiger partial charge in [-0.05, 0) is 18.4 Å². The Bertz CT molecular complexity index is 576. The topological polar surface area (TPSA) is 98.7 Å². The number of carbonyl (C=O) groups is 3. The highest BCUT2D eigenvalue weighted by Gasteiger charge is 2.21. The first kappa shape index (κ1) is 17.8. The lowest BCUT2D eigenvalue weighted by molar-refractivity contribution is -0.139. The molecule has 1 aliphatic heterocycles. The fourth-order valence-corrected chi connectivity index (χ4v) is 2.67. The zero-order valence-electron chi connectivity index (χ0n) is 13.5. The summed E-state index contributed by atoms with van der Waals surface area (Å²) in [5, 5.41) is 14.4. The van der Waals surface area contributed by atoms with Crippen LogP contribution in [0.4, 0.5) is 4.79 Å². The molecule has 1 aromatic carbocycles. The zero-order chi connectivity index (χ0) is 17.4. The van der Waals surface area contributed by atoms with Crippen LogP contribution in [0.25, 0.3) is 0 Å². The average molecular weight is 333 g/mol. The molecule has 3 amide bonds. The summed E-state index contributed by atoms with van der Waals surface area (Å²) in [6, 6.07) is 7.66. The minimum atomic E-state index is -1.07. The number of rotatable bonds is 8. The van der Waals surface area contributed by atoms with Gasteiger partial charge >= 0.3 is 12.0 Å². The summed E-state index contributed by atoms with van der Waals surface area (Å²) in [7, 11) is 0. The van der Waals surface area contributed by atoms with Crippen molar-refractivity contribution < 1.29 is 19.5 Å². The van der Waals surface area contributed by atoms with Gasteiger partial charge in [-0.15, -0.1) is 0 Å². The lowest BCUT2D eigenvalue weighted by Gasteiger charge is -2.17. The van der Waals surface area contributed by atoms with Gasteiger partial charge in [-0.2, -0.15) is 0 Å². The Morgan fingerprint density at radius 2 is 2.00 bits per heavy atom. The molecule has 0 unspecified atom stereocenters. The van der Waals surface area contributed by atoms with E-state index in [1.54, 1.807) is 4.90 Å². The summed E-state index contributed by atoms with van der Waals surface area (Å²) in [6.45, 7) is 1.79. The van der Waals surface area contributed by atoms with Gasteiger partial charge in [-0.25, -0.2) is 9.59 Å². The first-order chi connectivity index (χ1) is 11.6. The molecule has 1 atom stereocenters. The Labute approximate surface area is 141 Å². The number of hydrogen-bond acceptors (Lipinski definition) is 3. The number of nitrogens with zero attached hydrogens (tertiary/aromatic N) is 1. The number of carboxylic acid groups (broad SMARTS) is 1. The normalized spacial score (nSPS) is 15.2. The molecule has 2 rings (SSSR count). The standard InChI is InChI=1S/C17H23N3O4/c21-15-8-4-10-20(15)11-5-9-18-17(24)19-14(16(22)23)12-13-6-2-1-3-7-13/h1-3,6-7,14H,4-5,8-12H2,(H,22,23)(H2,18,19,24)/t14-/m0/s1. The van der Waals surface area contributed by atoms with Gasteiger partial charge in [0.25, 0.3) is 0 Å². The van der Waals surface area contributed by atoms with E-state index in [0.717, 1.165) is 18.5 Å². The van der Waals surface area contributed by atoms with Gasteiger partial charge in [-0.3, -0.25) is 4.79 Å². The maximum atomic E-state index is 11.8. The van der Waals surface area contributed by atoms with Crippen LogP contribution in [0.1, 0.15) is 24.8 Å². The number of aliphatic carboxylic acids is 1. The summed E-state index contributed by atoms with van der Waals surface area (Å²) in [6.07, 6.45) is 2.38. The van der Waals surface area contributed by atoms with Crippen molar-refractivity contribution in [2.45, 2.75) is 31.7 Å². The van der Waals surface area contributed by atoms with Gasteiger partial charge in [-0.1, -0.05) is 30.3 Å². The number of carbonyl (C=O) groups excluding carboxylic acids is 2. The van der Waals surface area contributed by atoms with Crippen molar-refractivity contribution in [3.63, 3.8) is 0 Å². The third-order valence-electron chi connectivity index (χ3n) is 3.95. The highest BCUT2D eigenvalue weighted by atomic mass is 16.4. The van der Waals surface area contributed by atoms with Gasteiger partial charge in [0.1, 0.15) is 6.04 Å². The number of benzene rings is 1. The minimum absolute atomic E-state index is 0.160. The van der Waals surface area contributed by atoms with Crippen molar-refractivity contribution in [1.82, 2.24) is 15.5 Å². The second kappa shape index (κ2) is 8.90. The molecule has 1 fully saturated rings. The SMILES string of the molecule is O=C(NCCCN1CCCC1=O)N[C@@H](Cc1ccccc1)C(=O)O. The molecule has 7 heteroatoms. The van der Waals surface area contributed by atoms with Crippen molar-refractivity contribution in [3.8, 4) is 0 Å². The van der Waals surface area contributed by atoms with Gasteiger partial charge in [0.2, 0.25) is 5.91 Å². The van der Waals surface area contributed by atoms with Crippen molar-refractivity contribution in [2.75, 3.05) is 19.6 Å². The smallest absolute Gasteiger partial charge is 0.326 e. The molecular formula is C17H23N3O4. The Morgan fingerprint density at radius 3 is 2.62 bits per heavy atom. The van der Waals surface area contributed by atoms with Crippen LogP contribution in [-0.4, -0.2) is 53.6 Å². The van der Waals surface area contributed by atoms with Gasteiger partial charge in [0, 0.05) is 32.5 Å². The molecule has 7 nitrogen and oxygen atoms in total. The Balaban J connectivity index is 1.70. The van der Waals surface area contributed by atoms with Crippen LogP contribution in [0.5, 0.6) is 0 Å². The van der Waals surface area contributed by atoms with E-state index in [2.05, 4.69) is 10.6 Å². The van der Waals surface area contributed by atoms with Crippen molar-refractivity contribution in [1.29, 1.82) is 0 Å². The molecule has 0 saturated carbocycles. The van der Waals surface area contributed by atoms with Crippen LogP contribution in [0.15, 0.2) is 30.3 Å². The summed E-state index contributed by atoms with van der Waals surface area (Å²) in [5.74, 6) is -0.912. The molecule has 1 aliphatic rings. The molecule has 1 saturated heterocycles. The van der Waals surface area contributed by atoms with E-state index in [4.69, 9.17) is 0 Å². The van der Waals surface area contributed by atoms with E-state index < -0.39 is 18.0 Å². The van der Waals surface area contributed by atoms with Crippen molar-refractivity contribution in [2.24, 2.45) is 0 Å². The zero-order valence-corrected chi connectivity index (χ0v) is 13.5. The lowest BCUT2D eigenvalue weighted by atomic mass is 10.1. The predicted octanol–water partition coefficient (Wildman–Crippen LogP) is 0.994. The average Bonchev–Trinajstić information content (AvgIpc) is 2.97. The fraction of sp³-hybridized carbons (Fsp3) is 0.471. The monoisotopic (exact) mass is 333 g/mol. The van der Waals surface area contributed by atoms with Gasteiger partial charge in [0.15, 0.2) is 0 Å². The van der Waals surface area contributed by atoms with Crippen LogP contribution in [0, 0.1) is 0 Å². The van der Waals surface area contributed by atoms with E-state index in [9.17, 15) is 19.5 Å². The van der Waals surface area contributed by atoms with Crippen LogP contribution in [0.3, 0.4) is 0 Å². The maximum Gasteiger partial charge on any atom is 0.326 e. The number of urea groups is 1. The van der Waals surface area contributed by atoms with E-state index in [-0.39, 0.29) is 12.3 Å². The second-order valence-electron chi connectivity index (χ2n) is 5.82. The van der Waals surface area contributed by atoms with E-state index in [1.165, 1.54) is 0 Å². The van der Waals surface area contributed by atoms with Crippen LogP contribution in [0.2, 0.25) is 0 Å². The fourth-order valence-electron chi connectivity index (χ4n) is 2.67. The molecular weight excluding hydrogens is 310 g/mol. The summed E-state index contributed by atoms with van der Waals surface area (Å²) in [5.41, 5.74) is 0.845. The first-order valence-electron chi connectivity index (χ1n) is 8.15. The summed E-state index contributed by atoms with van der Waals surface area (Å²) < 4.78 is 0. The Morgan fingerprint density at radius 1 is 1.25 bits per heavy atom. The van der Waals surface area contributed by atoms with Gasteiger partial charge in [0.05, 0.1) is 0 Å². The molecule has 0 aromatic heterocycles. The largest absolute Gasteiger partial charge is 0.480 e. The van der Waals surface area contributed by atoms with E-state index >= 15 is 0 Å². The summed E-state index contributed by atoms with van der Waals surface area (Å²) >= 11 is 0. The number of nitrogens with one attached hydrogen (secondary N) is 2. The lowest BCUT2D eigenvalue weighted by Crippen LogP contribution is -2.47.